The SMILES string of the molecule is c1ccc(-c2nc(-c3cc(-n4c5cccc6c7ccccc7c7c8ccccc8cc4c7c65)c4oc5ccccc5c4c3)nc(-c3cccc4c3oc3ccccc34)n2)cc1. The minimum absolute atomic E-state index is 0.536. The molecule has 4 heterocycles. The lowest BCUT2D eigenvalue weighted by Gasteiger charge is -2.13. The maximum Gasteiger partial charge on any atom is 0.167 e. The molecule has 0 aliphatic heterocycles. The summed E-state index contributed by atoms with van der Waals surface area (Å²) in [6, 6.07) is 63.6. The summed E-state index contributed by atoms with van der Waals surface area (Å²) in [6.45, 7) is 0. The minimum atomic E-state index is 0.536. The van der Waals surface area contributed by atoms with Gasteiger partial charge in [-0.1, -0.05) is 140 Å². The number of hydrogen-bond acceptors (Lipinski definition) is 5. The van der Waals surface area contributed by atoms with E-state index in [-0.39, 0.29) is 0 Å². The Kier molecular flexibility index (Phi) is 6.46. The van der Waals surface area contributed by atoms with Gasteiger partial charge in [-0.25, -0.2) is 15.0 Å². The highest BCUT2D eigenvalue weighted by Gasteiger charge is 2.25. The van der Waals surface area contributed by atoms with E-state index < -0.39 is 0 Å². The largest absolute Gasteiger partial charge is 0.455 e. The first-order chi connectivity index (χ1) is 30.2. The van der Waals surface area contributed by atoms with Crippen LogP contribution in [0.1, 0.15) is 0 Å². The van der Waals surface area contributed by atoms with Crippen molar-refractivity contribution >= 4 is 98.0 Å². The summed E-state index contributed by atoms with van der Waals surface area (Å²) < 4.78 is 15.8. The molecule has 0 atom stereocenters. The fourth-order valence-electron chi connectivity index (χ4n) is 9.95. The minimum Gasteiger partial charge on any atom is -0.455 e. The Morgan fingerprint density at radius 2 is 0.934 bits per heavy atom. The maximum atomic E-state index is 6.90. The molecule has 0 unspecified atom stereocenters. The first kappa shape index (κ1) is 32.6. The lowest BCUT2D eigenvalue weighted by Crippen LogP contribution is -2.01. The van der Waals surface area contributed by atoms with E-state index in [9.17, 15) is 0 Å². The van der Waals surface area contributed by atoms with Crippen LogP contribution in [0.15, 0.2) is 191 Å². The zero-order chi connectivity index (χ0) is 39.8. The second kappa shape index (κ2) is 12.1. The summed E-state index contributed by atoms with van der Waals surface area (Å²) in [5.41, 5.74) is 8.85. The van der Waals surface area contributed by atoms with Crippen LogP contribution in [0.5, 0.6) is 0 Å². The molecule has 0 saturated carbocycles. The molecule has 0 amide bonds. The second-order valence-corrected chi connectivity index (χ2v) is 15.9. The van der Waals surface area contributed by atoms with Crippen molar-refractivity contribution in [3.8, 4) is 39.9 Å². The number of furan rings is 2. The fourth-order valence-corrected chi connectivity index (χ4v) is 9.95. The van der Waals surface area contributed by atoms with Crippen LogP contribution in [0.3, 0.4) is 0 Å². The van der Waals surface area contributed by atoms with Crippen molar-refractivity contribution < 1.29 is 8.83 Å². The van der Waals surface area contributed by atoms with Crippen molar-refractivity contribution in [2.24, 2.45) is 0 Å². The number of fused-ring (bicyclic) bond motifs is 11. The monoisotopic (exact) mass is 778 g/mol. The van der Waals surface area contributed by atoms with Gasteiger partial charge >= 0.3 is 0 Å². The molecule has 282 valence electrons. The normalized spacial score (nSPS) is 12.3. The molecule has 6 heteroatoms. The summed E-state index contributed by atoms with van der Waals surface area (Å²) in [4.78, 5) is 15.7. The van der Waals surface area contributed by atoms with Gasteiger partial charge in [-0.2, -0.15) is 0 Å². The van der Waals surface area contributed by atoms with Crippen molar-refractivity contribution in [1.29, 1.82) is 0 Å². The molecular weight excluding hydrogens is 749 g/mol. The van der Waals surface area contributed by atoms with Gasteiger partial charge in [0.1, 0.15) is 16.7 Å². The predicted octanol–water partition coefficient (Wildman–Crippen LogP) is 14.7. The van der Waals surface area contributed by atoms with Crippen LogP contribution in [-0.4, -0.2) is 19.5 Å². The highest BCUT2D eigenvalue weighted by molar-refractivity contribution is 6.39. The molecule has 0 N–H and O–H groups in total. The zero-order valence-corrected chi connectivity index (χ0v) is 32.4. The summed E-state index contributed by atoms with van der Waals surface area (Å²) in [7, 11) is 0. The second-order valence-electron chi connectivity index (χ2n) is 15.9. The molecule has 14 aromatic rings. The standard InChI is InChI=1S/C55H30N4O2/c1-2-14-31(15-3-1)53-56-54(58-55(57-53)41-24-12-23-40-36-19-8-10-26-46(36)60-51(40)41)33-28-42-37-20-9-11-27-47(37)61-52(42)45(30-33)59-43-25-13-22-39-35-18-6-7-21-38(35)48-34-17-5-4-16-32(34)29-44(59)50(48)49(39)43/h1-30H. The van der Waals surface area contributed by atoms with Gasteiger partial charge in [0.15, 0.2) is 23.1 Å². The van der Waals surface area contributed by atoms with Gasteiger partial charge in [0.2, 0.25) is 0 Å². The highest BCUT2D eigenvalue weighted by atomic mass is 16.3. The van der Waals surface area contributed by atoms with Crippen LogP contribution in [0, 0.1) is 0 Å². The molecular formula is C55H30N4O2. The highest BCUT2D eigenvalue weighted by Crippen LogP contribution is 2.48. The van der Waals surface area contributed by atoms with Gasteiger partial charge in [-0.05, 0) is 69.4 Å². The Bertz CT molecular complexity index is 4110. The number of aromatic nitrogens is 4. The van der Waals surface area contributed by atoms with Crippen LogP contribution in [0.4, 0.5) is 0 Å². The van der Waals surface area contributed by atoms with E-state index in [1.807, 2.05) is 72.8 Å². The summed E-state index contributed by atoms with van der Waals surface area (Å²) in [5, 5.41) is 13.9. The predicted molar refractivity (Wildman–Crippen MR) is 249 cm³/mol. The Morgan fingerprint density at radius 1 is 0.344 bits per heavy atom. The fraction of sp³-hybridized carbons (Fsp3) is 0. The molecule has 61 heavy (non-hydrogen) atoms. The van der Waals surface area contributed by atoms with Crippen LogP contribution < -0.4 is 0 Å². The van der Waals surface area contributed by atoms with E-state index >= 15 is 0 Å². The molecule has 0 bridgehead atoms. The maximum absolute atomic E-state index is 6.90. The molecule has 14 rings (SSSR count). The van der Waals surface area contributed by atoms with E-state index in [0.29, 0.717) is 17.5 Å². The van der Waals surface area contributed by atoms with Crippen LogP contribution in [-0.2, 0) is 0 Å². The van der Waals surface area contributed by atoms with Gasteiger partial charge in [-0.3, -0.25) is 0 Å². The molecule has 0 saturated heterocycles. The Hall–Kier alpha value is -8.35. The molecule has 10 aromatic carbocycles. The van der Waals surface area contributed by atoms with Crippen LogP contribution >= 0.6 is 0 Å². The van der Waals surface area contributed by atoms with E-state index in [1.54, 1.807) is 0 Å². The average Bonchev–Trinajstić information content (AvgIpc) is 4.00. The molecule has 0 fully saturated rings. The third-order valence-corrected chi connectivity index (χ3v) is 12.6. The molecule has 4 aromatic heterocycles. The lowest BCUT2D eigenvalue weighted by atomic mass is 9.91. The first-order valence-corrected chi connectivity index (χ1v) is 20.5. The molecule has 6 nitrogen and oxygen atoms in total. The first-order valence-electron chi connectivity index (χ1n) is 20.5. The van der Waals surface area contributed by atoms with E-state index in [4.69, 9.17) is 23.8 Å². The quantitative estimate of drug-likeness (QED) is 0.166. The van der Waals surface area contributed by atoms with Gasteiger partial charge < -0.3 is 13.4 Å². The van der Waals surface area contributed by atoms with Crippen LogP contribution in [0.25, 0.3) is 138 Å². The number of benzene rings is 10. The van der Waals surface area contributed by atoms with Gasteiger partial charge in [-0.15, -0.1) is 0 Å². The molecule has 0 aliphatic rings. The van der Waals surface area contributed by atoms with Crippen LogP contribution in [0.2, 0.25) is 0 Å². The van der Waals surface area contributed by atoms with E-state index in [0.717, 1.165) is 77.3 Å². The van der Waals surface area contributed by atoms with Crippen molar-refractivity contribution in [3.05, 3.63) is 182 Å². The number of hydrogen-bond donors (Lipinski definition) is 0. The smallest absolute Gasteiger partial charge is 0.167 e. The Labute approximate surface area is 346 Å². The number of rotatable bonds is 4. The third-order valence-electron chi connectivity index (χ3n) is 12.6. The number of para-hydroxylation sites is 3. The molecule has 0 radical (unpaired) electrons. The third kappa shape index (κ3) is 4.53. The van der Waals surface area contributed by atoms with Gasteiger partial charge in [0, 0.05) is 48.8 Å². The number of nitrogens with zero attached hydrogens (tertiary/aromatic N) is 4. The molecule has 0 spiro atoms. The summed E-state index contributed by atoms with van der Waals surface area (Å²) in [6.07, 6.45) is 0. The van der Waals surface area contributed by atoms with Gasteiger partial charge in [0.25, 0.3) is 0 Å². The Balaban J connectivity index is 1.12. The van der Waals surface area contributed by atoms with Crippen molar-refractivity contribution in [2.75, 3.05) is 0 Å². The summed E-state index contributed by atoms with van der Waals surface area (Å²) in [5.74, 6) is 1.66. The lowest BCUT2D eigenvalue weighted by molar-refractivity contribution is 0.666. The van der Waals surface area contributed by atoms with E-state index in [2.05, 4.69) is 114 Å². The Morgan fingerprint density at radius 3 is 1.75 bits per heavy atom. The van der Waals surface area contributed by atoms with E-state index in [1.165, 1.54) is 43.1 Å². The average molecular weight is 779 g/mol. The van der Waals surface area contributed by atoms with Crippen molar-refractivity contribution in [1.82, 2.24) is 19.5 Å². The van der Waals surface area contributed by atoms with Crippen molar-refractivity contribution in [2.45, 2.75) is 0 Å². The topological polar surface area (TPSA) is 69.9 Å². The van der Waals surface area contributed by atoms with Crippen molar-refractivity contribution in [3.63, 3.8) is 0 Å². The van der Waals surface area contributed by atoms with Gasteiger partial charge in [0.05, 0.1) is 22.3 Å². The zero-order valence-electron chi connectivity index (χ0n) is 32.4. The molecule has 0 aliphatic carbocycles. The summed E-state index contributed by atoms with van der Waals surface area (Å²) >= 11 is 0.